The van der Waals surface area contributed by atoms with E-state index in [1.165, 1.54) is 0 Å². The van der Waals surface area contributed by atoms with Crippen molar-refractivity contribution in [3.8, 4) is 22.3 Å². The molecule has 0 bridgehead atoms. The molecule has 1 atom stereocenters. The molecule has 166 valence electrons. The van der Waals surface area contributed by atoms with Crippen molar-refractivity contribution < 1.29 is 9.18 Å². The minimum absolute atomic E-state index is 0.0690. The predicted molar refractivity (Wildman–Crippen MR) is 127 cm³/mol. The van der Waals surface area contributed by atoms with Crippen molar-refractivity contribution in [3.63, 3.8) is 0 Å². The third kappa shape index (κ3) is 4.43. The molecule has 0 radical (unpaired) electrons. The van der Waals surface area contributed by atoms with Crippen molar-refractivity contribution >= 4 is 6.41 Å². The third-order valence-electron chi connectivity index (χ3n) is 6.31. The van der Waals surface area contributed by atoms with E-state index in [2.05, 4.69) is 27.2 Å². The predicted octanol–water partition coefficient (Wildman–Crippen LogP) is 4.75. The van der Waals surface area contributed by atoms with Gasteiger partial charge in [-0.1, -0.05) is 60.7 Å². The van der Waals surface area contributed by atoms with Crippen molar-refractivity contribution in [1.29, 1.82) is 0 Å². The monoisotopic (exact) mass is 440 g/mol. The lowest BCUT2D eigenvalue weighted by molar-refractivity contribution is -0.119. The van der Waals surface area contributed by atoms with Gasteiger partial charge in [0, 0.05) is 43.5 Å². The highest BCUT2D eigenvalue weighted by molar-refractivity contribution is 5.71. The van der Waals surface area contributed by atoms with Crippen molar-refractivity contribution in [3.05, 3.63) is 102 Å². The summed E-state index contributed by atoms with van der Waals surface area (Å²) in [5.41, 5.74) is 5.66. The molecule has 5 nitrogen and oxygen atoms in total. The zero-order valence-corrected chi connectivity index (χ0v) is 18.2. The van der Waals surface area contributed by atoms with Crippen LogP contribution in [0.5, 0.6) is 0 Å². The highest BCUT2D eigenvalue weighted by Gasteiger charge is 2.27. The molecule has 1 saturated heterocycles. The van der Waals surface area contributed by atoms with Crippen molar-refractivity contribution in [2.24, 2.45) is 0 Å². The molecule has 33 heavy (non-hydrogen) atoms. The number of H-pyrrole nitrogens is 1. The summed E-state index contributed by atoms with van der Waals surface area (Å²) in [7, 11) is 0. The van der Waals surface area contributed by atoms with Gasteiger partial charge in [-0.15, -0.1) is 0 Å². The van der Waals surface area contributed by atoms with E-state index in [-0.39, 0.29) is 11.9 Å². The van der Waals surface area contributed by atoms with E-state index in [4.69, 9.17) is 0 Å². The first-order valence-corrected chi connectivity index (χ1v) is 11.1. The number of carbonyl (C=O) groups is 1. The van der Waals surface area contributed by atoms with Crippen LogP contribution in [0.2, 0.25) is 0 Å². The SMILES string of the molecule is O=CN1CCN(C(c2cn[nH]c2)c2ccc(F)c(-c3ccc(-c4ccccc4)cc3)c2)CC1. The number of benzene rings is 3. The summed E-state index contributed by atoms with van der Waals surface area (Å²) in [6.45, 7) is 2.83. The molecule has 1 aliphatic rings. The van der Waals surface area contributed by atoms with Gasteiger partial charge >= 0.3 is 0 Å². The molecule has 1 fully saturated rings. The molecule has 4 aromatic rings. The Morgan fingerprint density at radius 2 is 1.55 bits per heavy atom. The van der Waals surface area contributed by atoms with Gasteiger partial charge < -0.3 is 4.90 Å². The Morgan fingerprint density at radius 3 is 2.21 bits per heavy atom. The van der Waals surface area contributed by atoms with Crippen LogP contribution in [0.1, 0.15) is 17.2 Å². The van der Waals surface area contributed by atoms with Crippen molar-refractivity contribution in [1.82, 2.24) is 20.0 Å². The maximum Gasteiger partial charge on any atom is 0.209 e. The first-order valence-electron chi connectivity index (χ1n) is 11.1. The molecule has 3 aromatic carbocycles. The van der Waals surface area contributed by atoms with Crippen LogP contribution in [0.3, 0.4) is 0 Å². The number of nitrogens with one attached hydrogen (secondary N) is 1. The van der Waals surface area contributed by atoms with Gasteiger partial charge in [-0.25, -0.2) is 4.39 Å². The molecule has 0 aliphatic carbocycles. The van der Waals surface area contributed by atoms with Gasteiger partial charge in [-0.2, -0.15) is 5.10 Å². The number of nitrogens with zero attached hydrogens (tertiary/aromatic N) is 3. The summed E-state index contributed by atoms with van der Waals surface area (Å²) in [6, 6.07) is 23.4. The zero-order valence-electron chi connectivity index (χ0n) is 18.2. The molecule has 1 amide bonds. The van der Waals surface area contributed by atoms with Gasteiger partial charge in [0.1, 0.15) is 5.82 Å². The molecule has 0 spiro atoms. The van der Waals surface area contributed by atoms with Gasteiger partial charge in [0.2, 0.25) is 6.41 Å². The highest BCUT2D eigenvalue weighted by Crippen LogP contribution is 2.34. The summed E-state index contributed by atoms with van der Waals surface area (Å²) in [6.07, 6.45) is 4.60. The molecule has 1 aliphatic heterocycles. The van der Waals surface area contributed by atoms with E-state index >= 15 is 0 Å². The number of carbonyl (C=O) groups excluding carboxylic acids is 1. The minimum atomic E-state index is -0.247. The van der Waals surface area contributed by atoms with Crippen LogP contribution in [0, 0.1) is 5.82 Å². The number of amides is 1. The molecule has 1 N–H and O–H groups in total. The molecule has 2 heterocycles. The Labute approximate surface area is 192 Å². The van der Waals surface area contributed by atoms with E-state index in [0.29, 0.717) is 18.7 Å². The van der Waals surface area contributed by atoms with Gasteiger partial charge in [0.15, 0.2) is 0 Å². The lowest BCUT2D eigenvalue weighted by Gasteiger charge is -2.38. The average Bonchev–Trinajstić information content (AvgIpc) is 3.41. The third-order valence-corrected chi connectivity index (χ3v) is 6.31. The van der Waals surface area contributed by atoms with Gasteiger partial charge in [-0.05, 0) is 34.4 Å². The van der Waals surface area contributed by atoms with Crippen LogP contribution >= 0.6 is 0 Å². The summed E-state index contributed by atoms with van der Waals surface area (Å²) in [5.74, 6) is -0.247. The van der Waals surface area contributed by atoms with Gasteiger partial charge in [-0.3, -0.25) is 14.8 Å². The van der Waals surface area contributed by atoms with Gasteiger partial charge in [0.25, 0.3) is 0 Å². The molecule has 1 unspecified atom stereocenters. The number of aromatic nitrogens is 2. The van der Waals surface area contributed by atoms with E-state index in [0.717, 1.165) is 47.3 Å². The highest BCUT2D eigenvalue weighted by atomic mass is 19.1. The fraction of sp³-hybridized carbons (Fsp3) is 0.185. The quantitative estimate of drug-likeness (QED) is 0.441. The van der Waals surface area contributed by atoms with Crippen molar-refractivity contribution in [2.45, 2.75) is 6.04 Å². The maximum atomic E-state index is 14.9. The number of rotatable bonds is 6. The Morgan fingerprint density at radius 1 is 0.848 bits per heavy atom. The van der Waals surface area contributed by atoms with Crippen LogP contribution in [-0.4, -0.2) is 52.6 Å². The Hall–Kier alpha value is -3.77. The zero-order chi connectivity index (χ0) is 22.6. The van der Waals surface area contributed by atoms with Gasteiger partial charge in [0.05, 0.1) is 12.2 Å². The van der Waals surface area contributed by atoms with Crippen LogP contribution < -0.4 is 0 Å². The number of hydrogen-bond acceptors (Lipinski definition) is 3. The van der Waals surface area contributed by atoms with E-state index < -0.39 is 0 Å². The molecular formula is C27H25FN4O. The number of aromatic amines is 1. The normalized spacial score (nSPS) is 15.4. The van der Waals surface area contributed by atoms with E-state index in [1.807, 2.05) is 67.0 Å². The topological polar surface area (TPSA) is 52.2 Å². The Bertz CT molecular complexity index is 1200. The second-order valence-corrected chi connectivity index (χ2v) is 8.29. The molecule has 1 aromatic heterocycles. The van der Waals surface area contributed by atoms with Crippen molar-refractivity contribution in [2.75, 3.05) is 26.2 Å². The average molecular weight is 441 g/mol. The van der Waals surface area contributed by atoms with E-state index in [9.17, 15) is 9.18 Å². The molecular weight excluding hydrogens is 415 g/mol. The largest absolute Gasteiger partial charge is 0.343 e. The summed E-state index contributed by atoms with van der Waals surface area (Å²) in [5, 5.41) is 7.04. The lowest BCUT2D eigenvalue weighted by atomic mass is 9.94. The fourth-order valence-electron chi connectivity index (χ4n) is 4.53. The second-order valence-electron chi connectivity index (χ2n) is 8.29. The first kappa shape index (κ1) is 21.1. The standard InChI is InChI=1S/C27H25FN4O/c28-26-11-10-23(27(24-17-29-30-18-24)32-14-12-31(19-33)13-15-32)16-25(26)22-8-6-21(7-9-22)20-4-2-1-3-5-20/h1-11,16-19,27H,12-15H2,(H,29,30). The van der Waals surface area contributed by atoms with Crippen LogP contribution in [0.4, 0.5) is 4.39 Å². The summed E-state index contributed by atoms with van der Waals surface area (Å²) in [4.78, 5) is 15.2. The number of halogens is 1. The van der Waals surface area contributed by atoms with E-state index in [1.54, 1.807) is 11.0 Å². The van der Waals surface area contributed by atoms with Crippen LogP contribution in [0.25, 0.3) is 22.3 Å². The smallest absolute Gasteiger partial charge is 0.209 e. The Kier molecular flexibility index (Phi) is 6.00. The fourth-order valence-corrected chi connectivity index (χ4v) is 4.53. The molecule has 6 heteroatoms. The summed E-state index contributed by atoms with van der Waals surface area (Å²) >= 11 is 0. The maximum absolute atomic E-state index is 14.9. The van der Waals surface area contributed by atoms with Crippen LogP contribution in [-0.2, 0) is 4.79 Å². The second kappa shape index (κ2) is 9.38. The summed E-state index contributed by atoms with van der Waals surface area (Å²) < 4.78 is 14.9. The molecule has 0 saturated carbocycles. The minimum Gasteiger partial charge on any atom is -0.343 e. The first-order chi connectivity index (χ1) is 16.2. The number of piperazine rings is 1. The van der Waals surface area contributed by atoms with Crippen LogP contribution in [0.15, 0.2) is 85.2 Å². The Balaban J connectivity index is 1.48. The lowest BCUT2D eigenvalue weighted by Crippen LogP contribution is -2.47. The molecule has 5 rings (SSSR count). The number of hydrogen-bond donors (Lipinski definition) is 1.